The van der Waals surface area contributed by atoms with Crippen LogP contribution >= 0.6 is 0 Å². The molecule has 0 fully saturated rings. The fraction of sp³-hybridized carbons (Fsp3) is 0.103. The van der Waals surface area contributed by atoms with Crippen LogP contribution < -0.4 is 5.32 Å². The largest absolute Gasteiger partial charge is 0.370 e. The molecule has 6 aromatic rings. The van der Waals surface area contributed by atoms with Crippen LogP contribution in [0.25, 0.3) is 49.2 Å². The SMILES string of the molecule is C=C(/C=C\C=C/C)c1cccc2c1[nH]c1cccc3c1c1c2cccc1n3C1=Nc2ccccc2NC1C1=CC=CCC1. The number of H-pyrrole nitrogens is 1. The smallest absolute Gasteiger partial charge is 0.141 e. The topological polar surface area (TPSA) is 45.1 Å². The number of benzene rings is 4. The number of fused-ring (bicyclic) bond motifs is 3. The number of aliphatic imine (C=N–C) groups is 1. The number of anilines is 1. The van der Waals surface area contributed by atoms with Gasteiger partial charge in [0.05, 0.1) is 27.9 Å². The van der Waals surface area contributed by atoms with Crippen molar-refractivity contribution >= 4 is 66.4 Å². The molecule has 4 heteroatoms. The van der Waals surface area contributed by atoms with E-state index in [-0.39, 0.29) is 6.04 Å². The molecular weight excluding hydrogens is 524 g/mol. The predicted molar refractivity (Wildman–Crippen MR) is 185 cm³/mol. The molecule has 0 saturated carbocycles. The normalized spacial score (nSPS) is 16.8. The highest BCUT2D eigenvalue weighted by atomic mass is 15.2. The molecule has 4 aromatic carbocycles. The molecule has 0 spiro atoms. The van der Waals surface area contributed by atoms with Crippen molar-refractivity contribution in [1.29, 1.82) is 0 Å². The number of allylic oxidation sites excluding steroid dienone is 8. The van der Waals surface area contributed by atoms with Gasteiger partial charge >= 0.3 is 0 Å². The fourth-order valence-electron chi connectivity index (χ4n) is 6.77. The first-order chi connectivity index (χ1) is 21.2. The zero-order chi connectivity index (χ0) is 28.9. The monoisotopic (exact) mass is 556 g/mol. The van der Waals surface area contributed by atoms with Crippen LogP contribution in [0, 0.1) is 0 Å². The molecule has 43 heavy (non-hydrogen) atoms. The van der Waals surface area contributed by atoms with Crippen molar-refractivity contribution in [3.8, 4) is 0 Å². The maximum atomic E-state index is 5.37. The van der Waals surface area contributed by atoms with E-state index < -0.39 is 0 Å². The van der Waals surface area contributed by atoms with Crippen LogP contribution in [0.1, 0.15) is 25.3 Å². The molecule has 4 nitrogen and oxygen atoms in total. The summed E-state index contributed by atoms with van der Waals surface area (Å²) in [6, 6.07) is 28.1. The quantitative estimate of drug-likeness (QED) is 0.209. The van der Waals surface area contributed by atoms with Crippen LogP contribution in [0.3, 0.4) is 0 Å². The van der Waals surface area contributed by atoms with E-state index in [2.05, 4.69) is 125 Å². The van der Waals surface area contributed by atoms with Gasteiger partial charge in [0.1, 0.15) is 11.9 Å². The van der Waals surface area contributed by atoms with Crippen molar-refractivity contribution < 1.29 is 0 Å². The van der Waals surface area contributed by atoms with E-state index in [1.807, 2.05) is 25.2 Å². The lowest BCUT2D eigenvalue weighted by molar-refractivity contribution is 0.867. The third-order valence-electron chi connectivity index (χ3n) is 8.72. The molecule has 1 unspecified atom stereocenters. The number of hydrogen-bond acceptors (Lipinski definition) is 2. The first kappa shape index (κ1) is 25.4. The maximum absolute atomic E-state index is 5.37. The fourth-order valence-corrected chi connectivity index (χ4v) is 6.77. The highest BCUT2D eigenvalue weighted by Crippen LogP contribution is 2.42. The average Bonchev–Trinajstić information content (AvgIpc) is 3.31. The molecule has 1 aliphatic carbocycles. The number of aromatic amines is 1. The third kappa shape index (κ3) is 4.02. The van der Waals surface area contributed by atoms with Gasteiger partial charge in [0, 0.05) is 27.2 Å². The van der Waals surface area contributed by atoms with E-state index in [9.17, 15) is 0 Å². The van der Waals surface area contributed by atoms with Crippen LogP contribution in [0.2, 0.25) is 0 Å². The number of nitrogens with one attached hydrogen (secondary N) is 2. The first-order valence-corrected chi connectivity index (χ1v) is 15.0. The summed E-state index contributed by atoms with van der Waals surface area (Å²) in [7, 11) is 0. The summed E-state index contributed by atoms with van der Waals surface area (Å²) < 4.78 is 2.39. The van der Waals surface area contributed by atoms with Gasteiger partial charge in [-0.05, 0) is 66.6 Å². The Kier molecular flexibility index (Phi) is 6.00. The number of aromatic nitrogens is 2. The second-order valence-corrected chi connectivity index (χ2v) is 11.3. The minimum Gasteiger partial charge on any atom is -0.370 e. The Hall–Kier alpha value is -5.35. The van der Waals surface area contributed by atoms with E-state index in [4.69, 9.17) is 4.99 Å². The summed E-state index contributed by atoms with van der Waals surface area (Å²) in [6.07, 6.45) is 16.9. The Balaban J connectivity index is 1.46. The Morgan fingerprint density at radius 1 is 0.907 bits per heavy atom. The second-order valence-electron chi connectivity index (χ2n) is 11.3. The maximum Gasteiger partial charge on any atom is 0.141 e. The standard InChI is InChI=1S/C39H32N4/c1-3-4-6-14-25(2)27-17-11-19-29-28-18-12-23-33-35(28)36-32(41-38(27)29)22-13-24-34(36)43(33)39-37(26-15-7-5-8-16-26)40-30-20-9-10-21-31(30)42-39/h3-7,9-15,17-24,37,40-41H,2,8,16H2,1H3/b4-3-,14-6-. The van der Waals surface area contributed by atoms with Gasteiger partial charge in [-0.3, -0.25) is 4.57 Å². The van der Waals surface area contributed by atoms with Crippen LogP contribution in [0.15, 0.2) is 139 Å². The van der Waals surface area contributed by atoms with Crippen molar-refractivity contribution in [2.45, 2.75) is 25.8 Å². The van der Waals surface area contributed by atoms with Crippen molar-refractivity contribution in [3.63, 3.8) is 0 Å². The molecule has 3 heterocycles. The molecule has 0 radical (unpaired) electrons. The average molecular weight is 557 g/mol. The molecule has 2 aliphatic rings. The Labute approximate surface area is 250 Å². The van der Waals surface area contributed by atoms with E-state index in [1.165, 1.54) is 27.1 Å². The van der Waals surface area contributed by atoms with Gasteiger partial charge < -0.3 is 10.3 Å². The minimum atomic E-state index is -0.0342. The lowest BCUT2D eigenvalue weighted by Gasteiger charge is -2.31. The molecule has 2 aromatic heterocycles. The summed E-state index contributed by atoms with van der Waals surface area (Å²) in [6.45, 7) is 6.44. The molecule has 1 atom stereocenters. The predicted octanol–water partition coefficient (Wildman–Crippen LogP) is 10.2. The van der Waals surface area contributed by atoms with Gasteiger partial charge in [0.25, 0.3) is 0 Å². The summed E-state index contributed by atoms with van der Waals surface area (Å²) in [5, 5.41) is 8.69. The zero-order valence-electron chi connectivity index (χ0n) is 24.1. The molecule has 208 valence electrons. The summed E-state index contributed by atoms with van der Waals surface area (Å²) in [5.74, 6) is 1.01. The lowest BCUT2D eigenvalue weighted by atomic mass is 9.95. The Bertz CT molecular complexity index is 2250. The molecular formula is C39H32N4. The van der Waals surface area contributed by atoms with Gasteiger partial charge in [-0.2, -0.15) is 0 Å². The van der Waals surface area contributed by atoms with Gasteiger partial charge in [-0.15, -0.1) is 0 Å². The van der Waals surface area contributed by atoms with Crippen molar-refractivity contribution in [2.24, 2.45) is 4.99 Å². The molecule has 0 amide bonds. The number of para-hydroxylation sites is 3. The minimum absolute atomic E-state index is 0.0342. The van der Waals surface area contributed by atoms with E-state index in [0.717, 1.165) is 63.3 Å². The molecule has 0 bridgehead atoms. The zero-order valence-corrected chi connectivity index (χ0v) is 24.1. The summed E-state index contributed by atoms with van der Waals surface area (Å²) in [4.78, 5) is 9.23. The number of rotatable bonds is 4. The molecule has 2 N–H and O–H groups in total. The summed E-state index contributed by atoms with van der Waals surface area (Å²) in [5.41, 5.74) is 9.93. The van der Waals surface area contributed by atoms with E-state index >= 15 is 0 Å². The Morgan fingerprint density at radius 3 is 2.58 bits per heavy atom. The lowest BCUT2D eigenvalue weighted by Crippen LogP contribution is -2.38. The van der Waals surface area contributed by atoms with Gasteiger partial charge in [-0.1, -0.05) is 97.6 Å². The van der Waals surface area contributed by atoms with Crippen molar-refractivity contribution in [2.75, 3.05) is 5.32 Å². The number of hydrogen-bond donors (Lipinski definition) is 2. The summed E-state index contributed by atoms with van der Waals surface area (Å²) >= 11 is 0. The second kappa shape index (κ2) is 10.2. The first-order valence-electron chi connectivity index (χ1n) is 15.0. The van der Waals surface area contributed by atoms with Crippen LogP contribution in [-0.4, -0.2) is 21.4 Å². The molecule has 0 saturated heterocycles. The van der Waals surface area contributed by atoms with Crippen LogP contribution in [0.4, 0.5) is 11.4 Å². The highest BCUT2D eigenvalue weighted by Gasteiger charge is 2.30. The van der Waals surface area contributed by atoms with Gasteiger partial charge in [-0.25, -0.2) is 4.99 Å². The van der Waals surface area contributed by atoms with Crippen LogP contribution in [0.5, 0.6) is 0 Å². The van der Waals surface area contributed by atoms with Crippen LogP contribution in [-0.2, 0) is 0 Å². The third-order valence-corrected chi connectivity index (χ3v) is 8.72. The highest BCUT2D eigenvalue weighted by molar-refractivity contribution is 6.30. The van der Waals surface area contributed by atoms with Crippen molar-refractivity contribution in [1.82, 2.24) is 9.55 Å². The van der Waals surface area contributed by atoms with Gasteiger partial charge in [0.15, 0.2) is 0 Å². The molecule has 1 aliphatic heterocycles. The Morgan fingerprint density at radius 2 is 1.72 bits per heavy atom. The van der Waals surface area contributed by atoms with E-state index in [1.54, 1.807) is 0 Å². The van der Waals surface area contributed by atoms with E-state index in [0.29, 0.717) is 0 Å². The van der Waals surface area contributed by atoms with Gasteiger partial charge in [0.2, 0.25) is 0 Å². The number of nitrogens with zero attached hydrogens (tertiary/aromatic N) is 2. The van der Waals surface area contributed by atoms with Crippen molar-refractivity contribution in [3.05, 3.63) is 139 Å². The molecule has 8 rings (SSSR count).